The Morgan fingerprint density at radius 1 is 1.00 bits per heavy atom. The fourth-order valence-corrected chi connectivity index (χ4v) is 6.69. The van der Waals surface area contributed by atoms with E-state index in [4.69, 9.17) is 16.3 Å². The van der Waals surface area contributed by atoms with Gasteiger partial charge in [-0.05, 0) is 44.9 Å². The molecular weight excluding hydrogens is 598 g/mol. The largest absolute Gasteiger partial charge is 0.391 e. The van der Waals surface area contributed by atoms with E-state index in [-0.39, 0.29) is 24.8 Å². The lowest BCUT2D eigenvalue weighted by Gasteiger charge is -2.37. The second-order valence-electron chi connectivity index (χ2n) is 9.55. The summed E-state index contributed by atoms with van der Waals surface area (Å²) in [6, 6.07) is 24.8. The topological polar surface area (TPSA) is 78.7 Å². The molecule has 2 heterocycles. The zero-order valence-electron chi connectivity index (χ0n) is 21.5. The van der Waals surface area contributed by atoms with Crippen LogP contribution < -0.4 is 4.90 Å². The highest BCUT2D eigenvalue weighted by atomic mass is 79.9. The SMILES string of the molecule is CSc1nc(Cl)c(CO)c(CC2(O)COCc3ccc(N(Cc4ccccc4)Cc4ccccc4)c(Br)c32)n1. The summed E-state index contributed by atoms with van der Waals surface area (Å²) in [5.41, 5.74) is 4.52. The molecule has 0 radical (unpaired) electrons. The fourth-order valence-electron chi connectivity index (χ4n) is 5.00. The maximum atomic E-state index is 12.2. The van der Waals surface area contributed by atoms with Crippen molar-refractivity contribution >= 4 is 45.0 Å². The molecule has 3 aromatic carbocycles. The number of aromatic nitrogens is 2. The van der Waals surface area contributed by atoms with Crippen molar-refractivity contribution in [3.05, 3.63) is 116 Å². The Hall–Kier alpha value is -2.46. The monoisotopic (exact) mass is 625 g/mol. The van der Waals surface area contributed by atoms with Gasteiger partial charge in [0.25, 0.3) is 0 Å². The van der Waals surface area contributed by atoms with E-state index in [0.29, 0.717) is 36.1 Å². The van der Waals surface area contributed by atoms with Crippen molar-refractivity contribution in [2.24, 2.45) is 0 Å². The van der Waals surface area contributed by atoms with Gasteiger partial charge in [0, 0.05) is 35.1 Å². The van der Waals surface area contributed by atoms with Crippen molar-refractivity contribution < 1.29 is 14.9 Å². The van der Waals surface area contributed by atoms with Crippen LogP contribution in [0.1, 0.15) is 33.5 Å². The average Bonchev–Trinajstić information content (AvgIpc) is 2.94. The molecule has 0 bridgehead atoms. The molecule has 1 unspecified atom stereocenters. The van der Waals surface area contributed by atoms with Crippen LogP contribution in [-0.4, -0.2) is 33.0 Å². The van der Waals surface area contributed by atoms with E-state index >= 15 is 0 Å². The molecule has 0 saturated heterocycles. The summed E-state index contributed by atoms with van der Waals surface area (Å²) in [5.74, 6) is 0. The molecule has 2 N–H and O–H groups in total. The van der Waals surface area contributed by atoms with Gasteiger partial charge in [-0.3, -0.25) is 0 Å². The number of benzene rings is 3. The van der Waals surface area contributed by atoms with Gasteiger partial charge >= 0.3 is 0 Å². The molecule has 6 nitrogen and oxygen atoms in total. The minimum absolute atomic E-state index is 0.0838. The Kier molecular flexibility index (Phi) is 8.91. The van der Waals surface area contributed by atoms with Crippen LogP contribution in [0.25, 0.3) is 0 Å². The van der Waals surface area contributed by atoms with Gasteiger partial charge in [-0.1, -0.05) is 90.1 Å². The van der Waals surface area contributed by atoms with Crippen molar-refractivity contribution in [1.29, 1.82) is 0 Å². The molecule has 1 aliphatic heterocycles. The van der Waals surface area contributed by atoms with Gasteiger partial charge in [0.05, 0.1) is 31.2 Å². The van der Waals surface area contributed by atoms with Gasteiger partial charge in [-0.2, -0.15) is 0 Å². The standard InChI is InChI=1S/C30H29BrClN3O3S/c1-39-29-33-24(23(17-36)28(32)34-29)14-30(37)19-38-18-22-12-13-25(27(31)26(22)30)35(15-20-8-4-2-5-9-20)16-21-10-6-3-7-11-21/h2-13,36-37H,14-19H2,1H3. The number of ether oxygens (including phenoxy) is 1. The molecule has 202 valence electrons. The highest BCUT2D eigenvalue weighted by Crippen LogP contribution is 2.44. The third-order valence-electron chi connectivity index (χ3n) is 6.87. The van der Waals surface area contributed by atoms with Gasteiger partial charge in [-0.25, -0.2) is 9.97 Å². The molecule has 0 spiro atoms. The van der Waals surface area contributed by atoms with Crippen molar-refractivity contribution in [2.75, 3.05) is 17.8 Å². The van der Waals surface area contributed by atoms with Crippen LogP contribution in [0.3, 0.4) is 0 Å². The molecule has 5 rings (SSSR count). The van der Waals surface area contributed by atoms with Crippen LogP contribution in [0.5, 0.6) is 0 Å². The maximum Gasteiger partial charge on any atom is 0.188 e. The van der Waals surface area contributed by atoms with Gasteiger partial charge in [0.2, 0.25) is 0 Å². The predicted molar refractivity (Wildman–Crippen MR) is 159 cm³/mol. The lowest BCUT2D eigenvalue weighted by atomic mass is 9.83. The molecule has 1 aliphatic rings. The third-order valence-corrected chi connectivity index (χ3v) is 8.53. The fraction of sp³-hybridized carbons (Fsp3) is 0.267. The summed E-state index contributed by atoms with van der Waals surface area (Å²) < 4.78 is 6.68. The first-order chi connectivity index (χ1) is 18.9. The van der Waals surface area contributed by atoms with Crippen LogP contribution in [0.2, 0.25) is 5.15 Å². The van der Waals surface area contributed by atoms with Crippen molar-refractivity contribution in [1.82, 2.24) is 9.97 Å². The second kappa shape index (κ2) is 12.4. The Morgan fingerprint density at radius 3 is 2.23 bits per heavy atom. The van der Waals surface area contributed by atoms with Crippen molar-refractivity contribution in [2.45, 2.75) is 43.5 Å². The highest BCUT2D eigenvalue weighted by Gasteiger charge is 2.40. The van der Waals surface area contributed by atoms with E-state index < -0.39 is 5.60 Å². The van der Waals surface area contributed by atoms with E-state index in [2.05, 4.69) is 61.1 Å². The van der Waals surface area contributed by atoms with Crippen molar-refractivity contribution in [3.8, 4) is 0 Å². The summed E-state index contributed by atoms with van der Waals surface area (Å²) in [7, 11) is 0. The summed E-state index contributed by atoms with van der Waals surface area (Å²) in [6.07, 6.45) is 1.98. The molecule has 0 saturated carbocycles. The van der Waals surface area contributed by atoms with Gasteiger partial charge in [-0.15, -0.1) is 0 Å². The third kappa shape index (κ3) is 6.16. The quantitative estimate of drug-likeness (QED) is 0.129. The summed E-state index contributed by atoms with van der Waals surface area (Å²) in [4.78, 5) is 11.1. The number of thioether (sulfide) groups is 1. The van der Waals surface area contributed by atoms with Crippen LogP contribution in [0.15, 0.2) is 82.4 Å². The van der Waals surface area contributed by atoms with Crippen LogP contribution in [0.4, 0.5) is 5.69 Å². The zero-order chi connectivity index (χ0) is 27.4. The average molecular weight is 627 g/mol. The summed E-state index contributed by atoms with van der Waals surface area (Å²) >= 11 is 11.6. The van der Waals surface area contributed by atoms with Gasteiger partial charge in [0.15, 0.2) is 5.16 Å². The first-order valence-corrected chi connectivity index (χ1v) is 15.0. The van der Waals surface area contributed by atoms with E-state index in [9.17, 15) is 10.2 Å². The summed E-state index contributed by atoms with van der Waals surface area (Å²) in [5, 5.41) is 22.9. The number of hydrogen-bond acceptors (Lipinski definition) is 7. The zero-order valence-corrected chi connectivity index (χ0v) is 24.6. The summed E-state index contributed by atoms with van der Waals surface area (Å²) in [6.45, 7) is 1.53. The number of rotatable bonds is 9. The predicted octanol–water partition coefficient (Wildman–Crippen LogP) is 6.27. The van der Waals surface area contributed by atoms with Gasteiger partial charge < -0.3 is 19.8 Å². The van der Waals surface area contributed by atoms with E-state index in [1.165, 1.54) is 22.9 Å². The first-order valence-electron chi connectivity index (χ1n) is 12.6. The van der Waals surface area contributed by atoms with Crippen LogP contribution >= 0.6 is 39.3 Å². The minimum atomic E-state index is -1.40. The van der Waals surface area contributed by atoms with E-state index in [1.807, 2.05) is 48.7 Å². The number of anilines is 1. The molecule has 39 heavy (non-hydrogen) atoms. The molecular formula is C30H29BrClN3O3S. The van der Waals surface area contributed by atoms with E-state index in [0.717, 1.165) is 21.3 Å². The normalized spacial score (nSPS) is 16.6. The number of nitrogens with zero attached hydrogens (tertiary/aromatic N) is 3. The molecule has 0 fully saturated rings. The van der Waals surface area contributed by atoms with Crippen LogP contribution in [0, 0.1) is 0 Å². The Bertz CT molecular complexity index is 1400. The number of aliphatic hydroxyl groups is 2. The van der Waals surface area contributed by atoms with Gasteiger partial charge in [0.1, 0.15) is 10.8 Å². The maximum absolute atomic E-state index is 12.2. The first kappa shape index (κ1) is 28.1. The highest BCUT2D eigenvalue weighted by molar-refractivity contribution is 9.10. The Labute approximate surface area is 246 Å². The molecule has 1 atom stereocenters. The molecule has 1 aromatic heterocycles. The van der Waals surface area contributed by atoms with Crippen LogP contribution in [-0.2, 0) is 43.1 Å². The number of halogens is 2. The number of aliphatic hydroxyl groups excluding tert-OH is 1. The lowest BCUT2D eigenvalue weighted by Crippen LogP contribution is -2.40. The number of hydrogen-bond donors (Lipinski definition) is 2. The lowest BCUT2D eigenvalue weighted by molar-refractivity contribution is -0.0738. The second-order valence-corrected chi connectivity index (χ2v) is 11.5. The Balaban J connectivity index is 1.58. The van der Waals surface area contributed by atoms with Crippen molar-refractivity contribution in [3.63, 3.8) is 0 Å². The molecule has 0 aliphatic carbocycles. The molecule has 0 amide bonds. The minimum Gasteiger partial charge on any atom is -0.391 e. The molecule has 4 aromatic rings. The smallest absolute Gasteiger partial charge is 0.188 e. The van der Waals surface area contributed by atoms with E-state index in [1.54, 1.807) is 0 Å². The number of fused-ring (bicyclic) bond motifs is 1. The Morgan fingerprint density at radius 2 is 1.64 bits per heavy atom. The molecule has 9 heteroatoms.